The number of aliphatic hydroxyl groups is 2. The van der Waals surface area contributed by atoms with E-state index in [0.29, 0.717) is 38.5 Å². The highest BCUT2D eigenvalue weighted by Crippen LogP contribution is 2.27. The van der Waals surface area contributed by atoms with Gasteiger partial charge in [-0.25, -0.2) is 0 Å². The lowest BCUT2D eigenvalue weighted by molar-refractivity contribution is -0.157. The Morgan fingerprint density at radius 2 is 1.53 bits per heavy atom. The van der Waals surface area contributed by atoms with Crippen LogP contribution in [0.5, 0.6) is 0 Å². The van der Waals surface area contributed by atoms with Gasteiger partial charge in [-0.1, -0.05) is 65.7 Å². The van der Waals surface area contributed by atoms with Crippen LogP contribution in [0.2, 0.25) is 0 Å². The number of unbranched alkanes of at least 4 members (excludes halogenated alkanes) is 3. The molecule has 268 valence electrons. The maximum absolute atomic E-state index is 13.9. The van der Waals surface area contributed by atoms with E-state index in [1.165, 1.54) is 18.9 Å². The molecule has 1 heterocycles. The number of amides is 5. The molecule has 0 aromatic heterocycles. The molecule has 1 saturated heterocycles. The fraction of sp³-hybridized carbons (Fsp3) is 0.818. The first-order valence-electron chi connectivity index (χ1n) is 17.3. The number of hydrogen-bond donors (Lipinski definition) is 6. The van der Waals surface area contributed by atoms with Crippen molar-refractivity contribution in [2.45, 2.75) is 141 Å². The zero-order valence-electron chi connectivity index (χ0n) is 28.7. The third-order valence-electron chi connectivity index (χ3n) is 9.24. The van der Waals surface area contributed by atoms with Gasteiger partial charge in [0.1, 0.15) is 36.8 Å². The van der Waals surface area contributed by atoms with Crippen LogP contribution in [0.4, 0.5) is 0 Å². The summed E-state index contributed by atoms with van der Waals surface area (Å²) in [4.78, 5) is 81.8. The van der Waals surface area contributed by atoms with Crippen LogP contribution in [0.25, 0.3) is 0 Å². The van der Waals surface area contributed by atoms with E-state index in [4.69, 9.17) is 4.74 Å². The standard InChI is InChI=1S/C33H57N5O9/c1-6-8-9-13-17-25-20(3)33(46)38(5)24(14-7-2)30(43)37-28(22-15-11-10-12-16-22)32(45)35-23(19-39)29(42)36-27(21(4)40)31(44)34-18-26(41)47-25/h20-25,27-28,39-40H,6-19H2,1-5H3,(H,34,44)(H,35,45)(H,36,42)(H,37,43)/t20-,21?,23+,24+,25-,27+,28+/m1/s1. The van der Waals surface area contributed by atoms with E-state index in [2.05, 4.69) is 28.2 Å². The second-order valence-electron chi connectivity index (χ2n) is 13.0. The molecule has 1 unspecified atom stereocenters. The number of ether oxygens (including phenoxy) is 1. The van der Waals surface area contributed by atoms with Crippen molar-refractivity contribution in [2.24, 2.45) is 11.8 Å². The minimum Gasteiger partial charge on any atom is -0.460 e. The fourth-order valence-corrected chi connectivity index (χ4v) is 6.30. The highest BCUT2D eigenvalue weighted by molar-refractivity contribution is 5.96. The van der Waals surface area contributed by atoms with Crippen molar-refractivity contribution in [3.05, 3.63) is 0 Å². The SMILES string of the molecule is CCCCCC[C@H]1OC(=O)CNC(=O)[C@H](C(C)O)NC(=O)[C@H](CO)NC(=O)[C@H](C2CCCCC2)NC(=O)[C@H](CCC)N(C)C(=O)[C@@H]1C. The topological polar surface area (TPSA) is 203 Å². The molecule has 6 N–H and O–H groups in total. The van der Waals surface area contributed by atoms with Crippen molar-refractivity contribution in [1.82, 2.24) is 26.2 Å². The van der Waals surface area contributed by atoms with Gasteiger partial charge in [-0.3, -0.25) is 28.8 Å². The van der Waals surface area contributed by atoms with Crippen molar-refractivity contribution in [3.8, 4) is 0 Å². The molecule has 5 amide bonds. The summed E-state index contributed by atoms with van der Waals surface area (Å²) in [6, 6.07) is -4.99. The van der Waals surface area contributed by atoms with Crippen LogP contribution in [0.15, 0.2) is 0 Å². The van der Waals surface area contributed by atoms with Gasteiger partial charge in [0.2, 0.25) is 29.5 Å². The first-order valence-corrected chi connectivity index (χ1v) is 17.3. The second kappa shape index (κ2) is 20.2. The summed E-state index contributed by atoms with van der Waals surface area (Å²) >= 11 is 0. The number of nitrogens with zero attached hydrogens (tertiary/aromatic N) is 1. The molecule has 0 bridgehead atoms. The van der Waals surface area contributed by atoms with Crippen LogP contribution < -0.4 is 21.3 Å². The molecule has 0 spiro atoms. The van der Waals surface area contributed by atoms with Crippen LogP contribution >= 0.6 is 0 Å². The molecule has 2 rings (SSSR count). The lowest BCUT2D eigenvalue weighted by atomic mass is 9.83. The molecule has 0 aromatic rings. The van der Waals surface area contributed by atoms with E-state index in [0.717, 1.165) is 38.5 Å². The number of likely N-dealkylation sites (N-methyl/N-ethyl adjacent to an activating group) is 1. The Labute approximate surface area is 278 Å². The van der Waals surface area contributed by atoms with E-state index >= 15 is 0 Å². The summed E-state index contributed by atoms with van der Waals surface area (Å²) in [5.74, 6) is -5.30. The molecular weight excluding hydrogens is 610 g/mol. The minimum absolute atomic E-state index is 0.241. The number of cyclic esters (lactones) is 1. The van der Waals surface area contributed by atoms with Crippen LogP contribution in [0, 0.1) is 11.8 Å². The smallest absolute Gasteiger partial charge is 0.325 e. The number of esters is 1. The van der Waals surface area contributed by atoms with Crippen molar-refractivity contribution in [2.75, 3.05) is 20.2 Å². The zero-order chi connectivity index (χ0) is 35.1. The second-order valence-corrected chi connectivity index (χ2v) is 13.0. The Balaban J connectivity index is 2.52. The molecule has 0 aromatic carbocycles. The number of carbonyl (C=O) groups excluding carboxylic acids is 6. The average molecular weight is 668 g/mol. The Morgan fingerprint density at radius 1 is 0.851 bits per heavy atom. The summed E-state index contributed by atoms with van der Waals surface area (Å²) < 4.78 is 5.72. The van der Waals surface area contributed by atoms with Crippen LogP contribution in [-0.2, 0) is 33.5 Å². The van der Waals surface area contributed by atoms with Gasteiger partial charge >= 0.3 is 5.97 Å². The molecule has 1 saturated carbocycles. The predicted octanol–water partition coefficient (Wildman–Crippen LogP) is 0.669. The van der Waals surface area contributed by atoms with E-state index in [1.54, 1.807) is 6.92 Å². The van der Waals surface area contributed by atoms with Gasteiger partial charge in [0.15, 0.2) is 0 Å². The van der Waals surface area contributed by atoms with Crippen LogP contribution in [0.3, 0.4) is 0 Å². The molecule has 2 aliphatic rings. The zero-order valence-corrected chi connectivity index (χ0v) is 28.7. The summed E-state index contributed by atoms with van der Waals surface area (Å²) in [6.45, 7) is 5.44. The molecule has 14 heteroatoms. The summed E-state index contributed by atoms with van der Waals surface area (Å²) in [6.07, 6.45) is 6.57. The van der Waals surface area contributed by atoms with E-state index in [-0.39, 0.29) is 5.92 Å². The summed E-state index contributed by atoms with van der Waals surface area (Å²) in [7, 11) is 1.52. The predicted molar refractivity (Wildman–Crippen MR) is 173 cm³/mol. The van der Waals surface area contributed by atoms with Crippen molar-refractivity contribution >= 4 is 35.5 Å². The minimum atomic E-state index is -1.52. The molecule has 0 radical (unpaired) electrons. The Kier molecular flexibility index (Phi) is 17.1. The van der Waals surface area contributed by atoms with Gasteiger partial charge in [0, 0.05) is 7.05 Å². The summed E-state index contributed by atoms with van der Waals surface area (Å²) in [5.41, 5.74) is 0. The van der Waals surface area contributed by atoms with Gasteiger partial charge in [-0.2, -0.15) is 0 Å². The molecule has 7 atom stereocenters. The third kappa shape index (κ3) is 12.0. The molecule has 14 nitrogen and oxygen atoms in total. The Bertz CT molecular complexity index is 1070. The molecular formula is C33H57N5O9. The average Bonchev–Trinajstić information content (AvgIpc) is 3.06. The number of hydrogen-bond acceptors (Lipinski definition) is 9. The quantitative estimate of drug-likeness (QED) is 0.143. The molecule has 1 aliphatic carbocycles. The van der Waals surface area contributed by atoms with Crippen LogP contribution in [0.1, 0.15) is 105 Å². The number of rotatable bonds is 10. The molecule has 1 aliphatic heterocycles. The lowest BCUT2D eigenvalue weighted by Crippen LogP contribution is -2.62. The molecule has 47 heavy (non-hydrogen) atoms. The van der Waals surface area contributed by atoms with E-state index < -0.39 is 91.0 Å². The largest absolute Gasteiger partial charge is 0.460 e. The van der Waals surface area contributed by atoms with Crippen molar-refractivity contribution in [1.29, 1.82) is 0 Å². The number of nitrogens with one attached hydrogen (secondary N) is 4. The Morgan fingerprint density at radius 3 is 2.13 bits per heavy atom. The lowest BCUT2D eigenvalue weighted by Gasteiger charge is -2.35. The van der Waals surface area contributed by atoms with E-state index in [9.17, 15) is 39.0 Å². The monoisotopic (exact) mass is 667 g/mol. The normalized spacial score (nSPS) is 29.0. The fourth-order valence-electron chi connectivity index (χ4n) is 6.30. The van der Waals surface area contributed by atoms with Gasteiger partial charge < -0.3 is 41.1 Å². The maximum atomic E-state index is 13.9. The van der Waals surface area contributed by atoms with Crippen molar-refractivity contribution in [3.63, 3.8) is 0 Å². The van der Waals surface area contributed by atoms with Gasteiger partial charge in [-0.15, -0.1) is 0 Å². The van der Waals surface area contributed by atoms with E-state index in [1.807, 2.05) is 6.92 Å². The van der Waals surface area contributed by atoms with Gasteiger partial charge in [-0.05, 0) is 44.9 Å². The van der Waals surface area contributed by atoms with Crippen molar-refractivity contribution < 1.29 is 43.7 Å². The number of aliphatic hydroxyl groups excluding tert-OH is 2. The van der Waals surface area contributed by atoms with Crippen LogP contribution in [-0.4, -0.2) is 107 Å². The first-order chi connectivity index (χ1) is 22.4. The van der Waals surface area contributed by atoms with Gasteiger partial charge in [0.05, 0.1) is 18.6 Å². The van der Waals surface area contributed by atoms with Gasteiger partial charge in [0.25, 0.3) is 0 Å². The highest BCUT2D eigenvalue weighted by Gasteiger charge is 2.39. The maximum Gasteiger partial charge on any atom is 0.325 e. The highest BCUT2D eigenvalue weighted by atomic mass is 16.5. The Hall–Kier alpha value is -3.26. The summed E-state index contributed by atoms with van der Waals surface area (Å²) in [5, 5.41) is 30.4. The first kappa shape index (κ1) is 39.9. The third-order valence-corrected chi connectivity index (χ3v) is 9.24. The molecule has 2 fully saturated rings. The number of carbonyl (C=O) groups is 6.